The van der Waals surface area contributed by atoms with Crippen molar-refractivity contribution in [1.29, 1.82) is 0 Å². The van der Waals surface area contributed by atoms with Crippen LogP contribution in [0.15, 0.2) is 70.6 Å². The summed E-state index contributed by atoms with van der Waals surface area (Å²) in [6.07, 6.45) is 0. The van der Waals surface area contributed by atoms with Crippen molar-refractivity contribution >= 4 is 11.4 Å². The van der Waals surface area contributed by atoms with E-state index in [1.165, 1.54) is 0 Å². The highest BCUT2D eigenvalue weighted by Gasteiger charge is 2.13. The average Bonchev–Trinajstić information content (AvgIpc) is 2.52. The van der Waals surface area contributed by atoms with Crippen molar-refractivity contribution in [2.24, 2.45) is 21.5 Å². The zero-order chi connectivity index (χ0) is 14.2. The molecule has 2 aromatic rings. The van der Waals surface area contributed by atoms with Gasteiger partial charge < -0.3 is 11.5 Å². The van der Waals surface area contributed by atoms with E-state index in [-0.39, 0.29) is 13.3 Å². The molecule has 0 aliphatic rings. The third kappa shape index (κ3) is 3.38. The van der Waals surface area contributed by atoms with Crippen LogP contribution in [0.4, 0.5) is 0 Å². The third-order valence-corrected chi connectivity index (χ3v) is 2.82. The van der Waals surface area contributed by atoms with E-state index in [9.17, 15) is 0 Å². The van der Waals surface area contributed by atoms with Gasteiger partial charge in [0.05, 0.1) is 24.8 Å². The summed E-state index contributed by atoms with van der Waals surface area (Å²) in [5.74, 6) is 0. The number of hydrogen-bond acceptors (Lipinski definition) is 4. The van der Waals surface area contributed by atoms with E-state index in [2.05, 4.69) is 9.98 Å². The summed E-state index contributed by atoms with van der Waals surface area (Å²) in [6.45, 7) is 0.418. The molecule has 0 saturated heterocycles. The fourth-order valence-corrected chi connectivity index (χ4v) is 1.98. The van der Waals surface area contributed by atoms with Crippen LogP contribution in [0.3, 0.4) is 0 Å². The van der Waals surface area contributed by atoms with Crippen molar-refractivity contribution < 1.29 is 0 Å². The third-order valence-electron chi connectivity index (χ3n) is 2.82. The molecule has 0 saturated carbocycles. The Morgan fingerprint density at radius 3 is 1.30 bits per heavy atom. The van der Waals surface area contributed by atoms with E-state index in [0.717, 1.165) is 22.6 Å². The van der Waals surface area contributed by atoms with Gasteiger partial charge in [0, 0.05) is 11.1 Å². The van der Waals surface area contributed by atoms with Crippen molar-refractivity contribution in [3.05, 3.63) is 71.8 Å². The molecule has 0 heterocycles. The van der Waals surface area contributed by atoms with E-state index in [1.54, 1.807) is 0 Å². The van der Waals surface area contributed by atoms with Crippen molar-refractivity contribution in [1.82, 2.24) is 0 Å². The van der Waals surface area contributed by atoms with Crippen LogP contribution in [-0.4, -0.2) is 24.8 Å². The Morgan fingerprint density at radius 2 is 1.00 bits per heavy atom. The fourth-order valence-electron chi connectivity index (χ4n) is 1.98. The van der Waals surface area contributed by atoms with Crippen LogP contribution in [0.25, 0.3) is 0 Å². The molecule has 0 atom stereocenters. The summed E-state index contributed by atoms with van der Waals surface area (Å²) in [6, 6.07) is 19.7. The maximum Gasteiger partial charge on any atom is 0.0921 e. The molecule has 0 aliphatic heterocycles. The second-order valence-corrected chi connectivity index (χ2v) is 4.11. The minimum atomic E-state index is 0.209. The van der Waals surface area contributed by atoms with E-state index < -0.39 is 0 Å². The zero-order valence-corrected chi connectivity index (χ0v) is 11.2. The maximum atomic E-state index is 5.61. The second-order valence-electron chi connectivity index (χ2n) is 4.11. The summed E-state index contributed by atoms with van der Waals surface area (Å²) in [5.41, 5.74) is 14.7. The van der Waals surface area contributed by atoms with Crippen molar-refractivity contribution in [2.75, 3.05) is 13.3 Å². The molecule has 2 aromatic carbocycles. The first-order valence-corrected chi connectivity index (χ1v) is 6.47. The molecule has 102 valence electrons. The van der Waals surface area contributed by atoms with E-state index >= 15 is 0 Å². The topological polar surface area (TPSA) is 76.8 Å². The van der Waals surface area contributed by atoms with Gasteiger partial charge in [0.15, 0.2) is 0 Å². The molecule has 0 fully saturated rings. The Labute approximate surface area is 118 Å². The average molecular weight is 266 g/mol. The molecular formula is C16H18N4. The van der Waals surface area contributed by atoms with Gasteiger partial charge in [-0.05, 0) is 0 Å². The smallest absolute Gasteiger partial charge is 0.0921 e. The van der Waals surface area contributed by atoms with Crippen LogP contribution < -0.4 is 11.5 Å². The molecule has 0 bridgehead atoms. The van der Waals surface area contributed by atoms with Crippen molar-refractivity contribution in [3.63, 3.8) is 0 Å². The molecule has 0 spiro atoms. The molecule has 2 rings (SSSR count). The normalized spacial score (nSPS) is 12.5. The predicted octanol–water partition coefficient (Wildman–Crippen LogP) is 1.80. The molecule has 0 radical (unpaired) electrons. The maximum absolute atomic E-state index is 5.61. The molecule has 0 unspecified atom stereocenters. The first-order valence-electron chi connectivity index (χ1n) is 6.47. The fraction of sp³-hybridized carbons (Fsp3) is 0.125. The zero-order valence-electron chi connectivity index (χ0n) is 11.2. The van der Waals surface area contributed by atoms with Gasteiger partial charge in [0.1, 0.15) is 0 Å². The molecular weight excluding hydrogens is 248 g/mol. The van der Waals surface area contributed by atoms with Gasteiger partial charge in [0.2, 0.25) is 0 Å². The summed E-state index contributed by atoms with van der Waals surface area (Å²) in [5, 5.41) is 0. The Hall–Kier alpha value is -2.30. The lowest BCUT2D eigenvalue weighted by Gasteiger charge is -2.11. The van der Waals surface area contributed by atoms with Gasteiger partial charge in [-0.15, -0.1) is 0 Å². The lowest BCUT2D eigenvalue weighted by Crippen LogP contribution is -2.20. The van der Waals surface area contributed by atoms with Gasteiger partial charge >= 0.3 is 0 Å². The quantitative estimate of drug-likeness (QED) is 0.809. The lowest BCUT2D eigenvalue weighted by atomic mass is 9.99. The van der Waals surface area contributed by atoms with Crippen molar-refractivity contribution in [3.8, 4) is 0 Å². The summed E-state index contributed by atoms with van der Waals surface area (Å²) >= 11 is 0. The van der Waals surface area contributed by atoms with Crippen LogP contribution in [0.1, 0.15) is 11.1 Å². The Kier molecular flexibility index (Phi) is 5.17. The Bertz CT molecular complexity index is 533. The standard InChI is InChI=1S/C16H18N4/c17-11-19-15(13-7-3-1-4-8-13)16(20-12-18)14-9-5-2-6-10-14/h1-10H,11-12,17-18H2. The minimum absolute atomic E-state index is 0.209. The highest BCUT2D eigenvalue weighted by Crippen LogP contribution is 2.10. The van der Waals surface area contributed by atoms with Gasteiger partial charge in [-0.1, -0.05) is 60.7 Å². The summed E-state index contributed by atoms with van der Waals surface area (Å²) in [4.78, 5) is 8.80. The van der Waals surface area contributed by atoms with Crippen LogP contribution in [0.2, 0.25) is 0 Å². The van der Waals surface area contributed by atoms with Crippen molar-refractivity contribution in [2.45, 2.75) is 0 Å². The van der Waals surface area contributed by atoms with Crippen LogP contribution in [0.5, 0.6) is 0 Å². The van der Waals surface area contributed by atoms with Gasteiger partial charge in [0.25, 0.3) is 0 Å². The Morgan fingerprint density at radius 1 is 0.650 bits per heavy atom. The lowest BCUT2D eigenvalue weighted by molar-refractivity contribution is 1.06. The SMILES string of the molecule is NCN=C(C(=NCN)c1ccccc1)c1ccccc1. The van der Waals surface area contributed by atoms with Crippen LogP contribution >= 0.6 is 0 Å². The number of rotatable bonds is 5. The molecule has 0 aromatic heterocycles. The molecule has 0 aliphatic carbocycles. The summed E-state index contributed by atoms with van der Waals surface area (Å²) < 4.78 is 0. The van der Waals surface area contributed by atoms with Crippen LogP contribution in [-0.2, 0) is 0 Å². The first-order chi connectivity index (χ1) is 9.86. The van der Waals surface area contributed by atoms with Gasteiger partial charge in [-0.3, -0.25) is 9.98 Å². The molecule has 0 amide bonds. The molecule has 4 nitrogen and oxygen atoms in total. The Balaban J connectivity index is 2.51. The minimum Gasteiger partial charge on any atom is -0.312 e. The van der Waals surface area contributed by atoms with Gasteiger partial charge in [-0.25, -0.2) is 0 Å². The highest BCUT2D eigenvalue weighted by molar-refractivity contribution is 6.53. The number of benzene rings is 2. The van der Waals surface area contributed by atoms with E-state index in [1.807, 2.05) is 60.7 Å². The second kappa shape index (κ2) is 7.33. The predicted molar refractivity (Wildman–Crippen MR) is 84.1 cm³/mol. The molecule has 4 heteroatoms. The number of nitrogens with two attached hydrogens (primary N) is 2. The summed E-state index contributed by atoms with van der Waals surface area (Å²) in [7, 11) is 0. The first kappa shape index (κ1) is 14.1. The number of hydrogen-bond donors (Lipinski definition) is 2. The van der Waals surface area contributed by atoms with E-state index in [0.29, 0.717) is 0 Å². The molecule has 20 heavy (non-hydrogen) atoms. The van der Waals surface area contributed by atoms with Crippen LogP contribution in [0, 0.1) is 0 Å². The van der Waals surface area contributed by atoms with Gasteiger partial charge in [-0.2, -0.15) is 0 Å². The largest absolute Gasteiger partial charge is 0.312 e. The monoisotopic (exact) mass is 266 g/mol. The molecule has 4 N–H and O–H groups in total. The van der Waals surface area contributed by atoms with E-state index in [4.69, 9.17) is 11.5 Å². The number of aliphatic imine (C=N–C) groups is 2. The highest BCUT2D eigenvalue weighted by atomic mass is 14.9. The number of nitrogens with zero attached hydrogens (tertiary/aromatic N) is 2.